The van der Waals surface area contributed by atoms with Crippen molar-refractivity contribution in [1.82, 2.24) is 15.5 Å². The quantitative estimate of drug-likeness (QED) is 0.656. The summed E-state index contributed by atoms with van der Waals surface area (Å²) in [6, 6.07) is 0.481. The highest BCUT2D eigenvalue weighted by atomic mass is 16.2. The van der Waals surface area contributed by atoms with E-state index in [1.54, 1.807) is 14.1 Å². The largest absolute Gasteiger partial charge is 0.337 e. The molecule has 2 N–H and O–H groups in total. The molecule has 0 aromatic heterocycles. The van der Waals surface area contributed by atoms with Crippen LogP contribution >= 0.6 is 0 Å². The van der Waals surface area contributed by atoms with Crippen LogP contribution in [0.5, 0.6) is 0 Å². The SMILES string of the molecule is CC(C)CC(C)NCCNC(=O)N(C)C. The lowest BCUT2D eigenvalue weighted by molar-refractivity contribution is 0.217. The predicted octanol–water partition coefficient (Wildman–Crippen LogP) is 1.28. The third-order valence-electron chi connectivity index (χ3n) is 2.13. The fourth-order valence-electron chi connectivity index (χ4n) is 1.44. The number of carbonyl (C=O) groups is 1. The average molecular weight is 215 g/mol. The van der Waals surface area contributed by atoms with Crippen LogP contribution in [-0.2, 0) is 0 Å². The monoisotopic (exact) mass is 215 g/mol. The van der Waals surface area contributed by atoms with Crippen LogP contribution in [0.4, 0.5) is 4.79 Å². The zero-order valence-corrected chi connectivity index (χ0v) is 10.6. The molecule has 4 heteroatoms. The summed E-state index contributed by atoms with van der Waals surface area (Å²) in [6.07, 6.45) is 1.17. The number of hydrogen-bond donors (Lipinski definition) is 2. The first-order valence-corrected chi connectivity index (χ1v) is 5.62. The Balaban J connectivity index is 3.42. The Morgan fingerprint density at radius 2 is 1.80 bits per heavy atom. The second kappa shape index (κ2) is 7.51. The molecular formula is C11H25N3O. The van der Waals surface area contributed by atoms with Gasteiger partial charge in [-0.1, -0.05) is 13.8 Å². The van der Waals surface area contributed by atoms with Crippen LogP contribution in [-0.4, -0.2) is 44.2 Å². The molecule has 0 aliphatic carbocycles. The average Bonchev–Trinajstić information content (AvgIpc) is 2.10. The van der Waals surface area contributed by atoms with Crippen molar-refractivity contribution in [2.75, 3.05) is 27.2 Å². The third-order valence-corrected chi connectivity index (χ3v) is 2.13. The van der Waals surface area contributed by atoms with Gasteiger partial charge in [-0.2, -0.15) is 0 Å². The Morgan fingerprint density at radius 1 is 1.20 bits per heavy atom. The van der Waals surface area contributed by atoms with Crippen molar-refractivity contribution in [3.63, 3.8) is 0 Å². The molecule has 0 bridgehead atoms. The van der Waals surface area contributed by atoms with Gasteiger partial charge in [0.1, 0.15) is 0 Å². The van der Waals surface area contributed by atoms with Gasteiger partial charge in [0.25, 0.3) is 0 Å². The Bertz CT molecular complexity index is 181. The Labute approximate surface area is 93.4 Å². The first-order valence-electron chi connectivity index (χ1n) is 5.62. The maximum atomic E-state index is 11.2. The van der Waals surface area contributed by atoms with Crippen molar-refractivity contribution in [3.05, 3.63) is 0 Å². The van der Waals surface area contributed by atoms with Gasteiger partial charge in [-0.15, -0.1) is 0 Å². The Morgan fingerprint density at radius 3 is 2.27 bits per heavy atom. The number of hydrogen-bond acceptors (Lipinski definition) is 2. The van der Waals surface area contributed by atoms with E-state index >= 15 is 0 Å². The third kappa shape index (κ3) is 8.24. The number of urea groups is 1. The molecule has 4 nitrogen and oxygen atoms in total. The lowest BCUT2D eigenvalue weighted by atomic mass is 10.1. The van der Waals surface area contributed by atoms with Gasteiger partial charge in [-0.25, -0.2) is 4.79 Å². The Hall–Kier alpha value is -0.770. The summed E-state index contributed by atoms with van der Waals surface area (Å²) in [5, 5.41) is 6.19. The zero-order chi connectivity index (χ0) is 11.8. The van der Waals surface area contributed by atoms with Gasteiger partial charge in [0, 0.05) is 33.2 Å². The van der Waals surface area contributed by atoms with E-state index in [-0.39, 0.29) is 6.03 Å². The highest BCUT2D eigenvalue weighted by Gasteiger charge is 2.04. The van der Waals surface area contributed by atoms with Crippen molar-refractivity contribution in [1.29, 1.82) is 0 Å². The summed E-state index contributed by atoms with van der Waals surface area (Å²) >= 11 is 0. The summed E-state index contributed by atoms with van der Waals surface area (Å²) in [6.45, 7) is 8.11. The molecule has 1 unspecified atom stereocenters. The molecule has 0 aromatic rings. The molecule has 15 heavy (non-hydrogen) atoms. The molecule has 1 atom stereocenters. The molecule has 0 saturated heterocycles. The fourth-order valence-corrected chi connectivity index (χ4v) is 1.44. The van der Waals surface area contributed by atoms with Gasteiger partial charge in [0.2, 0.25) is 0 Å². The Kier molecular flexibility index (Phi) is 7.13. The second-order valence-corrected chi connectivity index (χ2v) is 4.61. The molecule has 0 rings (SSSR count). The van der Waals surface area contributed by atoms with E-state index in [0.29, 0.717) is 18.5 Å². The normalized spacial score (nSPS) is 12.7. The van der Waals surface area contributed by atoms with Gasteiger partial charge in [0.05, 0.1) is 0 Å². The molecule has 0 spiro atoms. The zero-order valence-electron chi connectivity index (χ0n) is 10.6. The predicted molar refractivity (Wildman–Crippen MR) is 64.0 cm³/mol. The summed E-state index contributed by atoms with van der Waals surface area (Å²) in [7, 11) is 3.48. The van der Waals surface area contributed by atoms with Crippen LogP contribution < -0.4 is 10.6 Å². The van der Waals surface area contributed by atoms with E-state index in [0.717, 1.165) is 6.54 Å². The number of nitrogens with one attached hydrogen (secondary N) is 2. The van der Waals surface area contributed by atoms with Gasteiger partial charge in [-0.3, -0.25) is 0 Å². The van der Waals surface area contributed by atoms with Gasteiger partial charge in [-0.05, 0) is 19.3 Å². The number of amides is 2. The minimum Gasteiger partial charge on any atom is -0.337 e. The van der Waals surface area contributed by atoms with Crippen molar-refractivity contribution in [2.24, 2.45) is 5.92 Å². The van der Waals surface area contributed by atoms with Crippen molar-refractivity contribution in [3.8, 4) is 0 Å². The molecule has 90 valence electrons. The van der Waals surface area contributed by atoms with Crippen LogP contribution in [0.1, 0.15) is 27.2 Å². The van der Waals surface area contributed by atoms with Gasteiger partial charge in [0.15, 0.2) is 0 Å². The second-order valence-electron chi connectivity index (χ2n) is 4.61. The van der Waals surface area contributed by atoms with Crippen LogP contribution in [0.15, 0.2) is 0 Å². The van der Waals surface area contributed by atoms with E-state index in [2.05, 4.69) is 31.4 Å². The topological polar surface area (TPSA) is 44.4 Å². The van der Waals surface area contributed by atoms with Crippen molar-refractivity contribution >= 4 is 6.03 Å². The van der Waals surface area contributed by atoms with Crippen LogP contribution in [0.2, 0.25) is 0 Å². The van der Waals surface area contributed by atoms with Gasteiger partial charge < -0.3 is 15.5 Å². The molecular weight excluding hydrogens is 190 g/mol. The molecule has 0 saturated carbocycles. The number of carbonyl (C=O) groups excluding carboxylic acids is 1. The first kappa shape index (κ1) is 14.2. The maximum absolute atomic E-state index is 11.2. The fraction of sp³-hybridized carbons (Fsp3) is 0.909. The number of rotatable bonds is 6. The van der Waals surface area contributed by atoms with Crippen LogP contribution in [0.25, 0.3) is 0 Å². The summed E-state index contributed by atoms with van der Waals surface area (Å²) in [5.41, 5.74) is 0. The molecule has 0 aliphatic rings. The highest BCUT2D eigenvalue weighted by Crippen LogP contribution is 2.02. The minimum atomic E-state index is -0.0340. The maximum Gasteiger partial charge on any atom is 0.316 e. The molecule has 0 heterocycles. The molecule has 0 aliphatic heterocycles. The van der Waals surface area contributed by atoms with E-state index in [4.69, 9.17) is 0 Å². The van der Waals surface area contributed by atoms with E-state index in [9.17, 15) is 4.79 Å². The van der Waals surface area contributed by atoms with E-state index in [1.165, 1.54) is 11.3 Å². The van der Waals surface area contributed by atoms with Crippen LogP contribution in [0.3, 0.4) is 0 Å². The van der Waals surface area contributed by atoms with Crippen molar-refractivity contribution in [2.45, 2.75) is 33.2 Å². The first-order chi connectivity index (χ1) is 6.93. The summed E-state index contributed by atoms with van der Waals surface area (Å²) < 4.78 is 0. The lowest BCUT2D eigenvalue weighted by Gasteiger charge is -2.17. The van der Waals surface area contributed by atoms with Gasteiger partial charge >= 0.3 is 6.03 Å². The molecule has 2 amide bonds. The van der Waals surface area contributed by atoms with Crippen molar-refractivity contribution < 1.29 is 4.79 Å². The standard InChI is InChI=1S/C11H25N3O/c1-9(2)8-10(3)12-6-7-13-11(15)14(4)5/h9-10,12H,6-8H2,1-5H3,(H,13,15). The smallest absolute Gasteiger partial charge is 0.316 e. The molecule has 0 aromatic carbocycles. The minimum absolute atomic E-state index is 0.0340. The molecule has 0 radical (unpaired) electrons. The van der Waals surface area contributed by atoms with Crippen LogP contribution in [0, 0.1) is 5.92 Å². The summed E-state index contributed by atoms with van der Waals surface area (Å²) in [5.74, 6) is 0.712. The lowest BCUT2D eigenvalue weighted by Crippen LogP contribution is -2.40. The number of nitrogens with zero attached hydrogens (tertiary/aromatic N) is 1. The van der Waals surface area contributed by atoms with E-state index in [1.807, 2.05) is 0 Å². The molecule has 0 fully saturated rings. The highest BCUT2D eigenvalue weighted by molar-refractivity contribution is 5.73. The van der Waals surface area contributed by atoms with E-state index < -0.39 is 0 Å². The summed E-state index contributed by atoms with van der Waals surface area (Å²) in [4.78, 5) is 12.7.